The molecule has 30 heavy (non-hydrogen) atoms. The van der Waals surface area contributed by atoms with Crippen LogP contribution in [0.1, 0.15) is 30.5 Å². The molecular formula is C22H21N5O2S. The molecule has 0 radical (unpaired) electrons. The SMILES string of the molecule is O=C1NC(=O)/C(=C/c2ccnc(N3CCCC(CC4=Nc5ccccc5C4)C3)n2)S1. The molecule has 0 aliphatic carbocycles. The van der Waals surface area contributed by atoms with Crippen molar-refractivity contribution in [2.75, 3.05) is 18.0 Å². The Bertz CT molecular complexity index is 1080. The van der Waals surface area contributed by atoms with E-state index in [1.807, 2.05) is 6.07 Å². The number of benzene rings is 1. The van der Waals surface area contributed by atoms with Crippen LogP contribution < -0.4 is 10.2 Å². The zero-order valence-electron chi connectivity index (χ0n) is 16.4. The van der Waals surface area contributed by atoms with Gasteiger partial charge in [0.25, 0.3) is 11.1 Å². The molecule has 1 atom stereocenters. The zero-order chi connectivity index (χ0) is 20.5. The van der Waals surface area contributed by atoms with Gasteiger partial charge in [-0.05, 0) is 60.7 Å². The summed E-state index contributed by atoms with van der Waals surface area (Å²) in [6, 6.07) is 10.1. The van der Waals surface area contributed by atoms with E-state index in [2.05, 4.69) is 38.4 Å². The van der Waals surface area contributed by atoms with Crippen LogP contribution in [0.4, 0.5) is 16.4 Å². The molecule has 1 aromatic carbocycles. The topological polar surface area (TPSA) is 87.5 Å². The van der Waals surface area contributed by atoms with E-state index in [9.17, 15) is 9.59 Å². The Kier molecular flexibility index (Phi) is 5.08. The Morgan fingerprint density at radius 2 is 2.13 bits per heavy atom. The third-order valence-electron chi connectivity index (χ3n) is 5.58. The number of aliphatic imine (C=N–C) groups is 1. The molecule has 3 aliphatic heterocycles. The maximum Gasteiger partial charge on any atom is 0.290 e. The lowest BCUT2D eigenvalue weighted by atomic mass is 9.91. The fourth-order valence-electron chi connectivity index (χ4n) is 4.21. The number of fused-ring (bicyclic) bond motifs is 1. The van der Waals surface area contributed by atoms with Crippen molar-refractivity contribution in [1.82, 2.24) is 15.3 Å². The number of anilines is 1. The van der Waals surface area contributed by atoms with E-state index in [1.165, 1.54) is 17.7 Å². The number of carbonyl (C=O) groups excluding carboxylic acids is 2. The molecule has 2 saturated heterocycles. The maximum absolute atomic E-state index is 11.8. The summed E-state index contributed by atoms with van der Waals surface area (Å²) in [6.07, 6.45) is 7.55. The van der Waals surface area contributed by atoms with E-state index in [0.717, 1.165) is 49.8 Å². The van der Waals surface area contributed by atoms with Crippen molar-refractivity contribution < 1.29 is 9.59 Å². The summed E-state index contributed by atoms with van der Waals surface area (Å²) in [5.74, 6) is 0.813. The van der Waals surface area contributed by atoms with Crippen molar-refractivity contribution in [3.8, 4) is 0 Å². The van der Waals surface area contributed by atoms with Crippen molar-refractivity contribution in [1.29, 1.82) is 0 Å². The number of nitrogens with one attached hydrogen (secondary N) is 1. The van der Waals surface area contributed by atoms with Crippen LogP contribution >= 0.6 is 11.8 Å². The molecule has 4 heterocycles. The summed E-state index contributed by atoms with van der Waals surface area (Å²) >= 11 is 0.897. The molecule has 152 valence electrons. The van der Waals surface area contributed by atoms with Crippen LogP contribution in [0.5, 0.6) is 0 Å². The number of hydrogen-bond acceptors (Lipinski definition) is 7. The first-order valence-electron chi connectivity index (χ1n) is 10.1. The summed E-state index contributed by atoms with van der Waals surface area (Å²) in [7, 11) is 0. The Hall–Kier alpha value is -3.00. The molecule has 8 heteroatoms. The Morgan fingerprint density at radius 3 is 2.97 bits per heavy atom. The Balaban J connectivity index is 1.27. The number of hydrogen-bond donors (Lipinski definition) is 1. The molecule has 1 aromatic heterocycles. The van der Waals surface area contributed by atoms with Gasteiger partial charge in [0.1, 0.15) is 0 Å². The number of rotatable bonds is 4. The molecule has 1 N–H and O–H groups in total. The number of nitrogens with zero attached hydrogens (tertiary/aromatic N) is 4. The first kappa shape index (κ1) is 19.0. The highest BCUT2D eigenvalue weighted by Gasteiger charge is 2.27. The number of piperidine rings is 1. The number of thioether (sulfide) groups is 1. The Morgan fingerprint density at radius 1 is 1.23 bits per heavy atom. The number of aromatic nitrogens is 2. The van der Waals surface area contributed by atoms with Crippen LogP contribution in [0.15, 0.2) is 46.4 Å². The van der Waals surface area contributed by atoms with Gasteiger partial charge in [0.2, 0.25) is 5.95 Å². The quantitative estimate of drug-likeness (QED) is 0.760. The van der Waals surface area contributed by atoms with Gasteiger partial charge < -0.3 is 4.90 Å². The minimum absolute atomic E-state index is 0.351. The second-order valence-electron chi connectivity index (χ2n) is 7.78. The van der Waals surface area contributed by atoms with E-state index in [0.29, 0.717) is 22.5 Å². The smallest absolute Gasteiger partial charge is 0.290 e. The van der Waals surface area contributed by atoms with Crippen LogP contribution in [0, 0.1) is 5.92 Å². The highest BCUT2D eigenvalue weighted by molar-refractivity contribution is 8.18. The van der Waals surface area contributed by atoms with Crippen LogP contribution in [0.25, 0.3) is 6.08 Å². The van der Waals surface area contributed by atoms with Crippen molar-refractivity contribution >= 4 is 46.3 Å². The van der Waals surface area contributed by atoms with Gasteiger partial charge in [-0.2, -0.15) is 0 Å². The van der Waals surface area contributed by atoms with Crippen LogP contribution in [0.3, 0.4) is 0 Å². The lowest BCUT2D eigenvalue weighted by Gasteiger charge is -2.32. The highest BCUT2D eigenvalue weighted by Crippen LogP contribution is 2.31. The van der Waals surface area contributed by atoms with Crippen LogP contribution in [-0.2, 0) is 11.2 Å². The molecule has 0 bridgehead atoms. The minimum Gasteiger partial charge on any atom is -0.341 e. The summed E-state index contributed by atoms with van der Waals surface area (Å²) in [6.45, 7) is 1.81. The molecule has 2 amide bonds. The number of amides is 2. The van der Waals surface area contributed by atoms with Gasteiger partial charge in [-0.25, -0.2) is 9.97 Å². The first-order valence-corrected chi connectivity index (χ1v) is 10.9. The van der Waals surface area contributed by atoms with E-state index < -0.39 is 0 Å². The Labute approximate surface area is 178 Å². The van der Waals surface area contributed by atoms with Gasteiger partial charge in [-0.3, -0.25) is 19.9 Å². The minimum atomic E-state index is -0.374. The standard InChI is InChI=1S/C22H21N5O2S/c28-20-19(30-22(29)26-20)12-16-7-8-23-21(25-16)27-9-3-4-14(13-27)10-17-11-15-5-1-2-6-18(15)24-17/h1-2,5-8,12,14H,3-4,9-11,13H2,(H,26,28,29)/b19-12-. The van der Waals surface area contributed by atoms with E-state index in [1.54, 1.807) is 18.3 Å². The summed E-state index contributed by atoms with van der Waals surface area (Å²) < 4.78 is 0. The van der Waals surface area contributed by atoms with Crippen molar-refractivity contribution in [2.45, 2.75) is 25.7 Å². The van der Waals surface area contributed by atoms with E-state index in [4.69, 9.17) is 4.99 Å². The summed E-state index contributed by atoms with van der Waals surface area (Å²) in [4.78, 5) is 39.6. The average molecular weight is 420 g/mol. The normalized spacial score (nSPS) is 22.3. The van der Waals surface area contributed by atoms with Crippen molar-refractivity contribution in [3.63, 3.8) is 0 Å². The molecule has 3 aliphatic rings. The molecular weight excluding hydrogens is 398 g/mol. The second-order valence-corrected chi connectivity index (χ2v) is 8.79. The molecule has 5 rings (SSSR count). The molecule has 2 aromatic rings. The second kappa shape index (κ2) is 8.02. The third kappa shape index (κ3) is 4.00. The highest BCUT2D eigenvalue weighted by atomic mass is 32.2. The fourth-order valence-corrected chi connectivity index (χ4v) is 4.88. The maximum atomic E-state index is 11.8. The van der Waals surface area contributed by atoms with Gasteiger partial charge in [-0.1, -0.05) is 18.2 Å². The summed E-state index contributed by atoms with van der Waals surface area (Å²) in [5, 5.41) is 1.91. The molecule has 7 nitrogen and oxygen atoms in total. The first-order chi connectivity index (χ1) is 14.6. The van der Waals surface area contributed by atoms with Gasteiger partial charge >= 0.3 is 0 Å². The van der Waals surface area contributed by atoms with Gasteiger partial charge in [-0.15, -0.1) is 0 Å². The summed E-state index contributed by atoms with van der Waals surface area (Å²) in [5.41, 5.74) is 4.31. The van der Waals surface area contributed by atoms with E-state index in [-0.39, 0.29) is 11.1 Å². The van der Waals surface area contributed by atoms with E-state index >= 15 is 0 Å². The third-order valence-corrected chi connectivity index (χ3v) is 6.39. The van der Waals surface area contributed by atoms with Crippen LogP contribution in [0.2, 0.25) is 0 Å². The number of imide groups is 1. The fraction of sp³-hybridized carbons (Fsp3) is 0.318. The lowest BCUT2D eigenvalue weighted by molar-refractivity contribution is -0.115. The van der Waals surface area contributed by atoms with Crippen molar-refractivity contribution in [3.05, 3.63) is 52.7 Å². The molecule has 0 saturated carbocycles. The molecule has 1 unspecified atom stereocenters. The van der Waals surface area contributed by atoms with Gasteiger partial charge in [0.15, 0.2) is 0 Å². The van der Waals surface area contributed by atoms with Crippen LogP contribution in [-0.4, -0.2) is 39.9 Å². The largest absolute Gasteiger partial charge is 0.341 e. The predicted molar refractivity (Wildman–Crippen MR) is 118 cm³/mol. The van der Waals surface area contributed by atoms with Crippen molar-refractivity contribution in [2.24, 2.45) is 10.9 Å². The monoisotopic (exact) mass is 419 g/mol. The average Bonchev–Trinajstić information content (AvgIpc) is 3.29. The molecule has 2 fully saturated rings. The van der Waals surface area contributed by atoms with Gasteiger partial charge in [0, 0.05) is 31.4 Å². The van der Waals surface area contributed by atoms with Gasteiger partial charge in [0.05, 0.1) is 16.3 Å². The lowest BCUT2D eigenvalue weighted by Crippen LogP contribution is -2.37. The zero-order valence-corrected chi connectivity index (χ0v) is 17.2. The molecule has 0 spiro atoms. The number of para-hydroxylation sites is 1. The number of carbonyl (C=O) groups is 2. The predicted octanol–water partition coefficient (Wildman–Crippen LogP) is 3.74.